The number of nitrogens with zero attached hydrogens (tertiary/aromatic N) is 5. The lowest BCUT2D eigenvalue weighted by atomic mass is 10.00. The molecule has 31 heavy (non-hydrogen) atoms. The number of aromatic nitrogens is 5. The van der Waals surface area contributed by atoms with Crippen LogP contribution >= 0.6 is 0 Å². The average Bonchev–Trinajstić information content (AvgIpc) is 3.51. The zero-order chi connectivity index (χ0) is 21.0. The molecule has 0 radical (unpaired) electrons. The van der Waals surface area contributed by atoms with Gasteiger partial charge in [-0.15, -0.1) is 10.2 Å². The van der Waals surface area contributed by atoms with Gasteiger partial charge in [0.2, 0.25) is 5.95 Å². The Hall–Kier alpha value is -3.04. The number of phenolic OH excluding ortho intramolecular Hbond substituents is 1. The summed E-state index contributed by atoms with van der Waals surface area (Å²) in [6, 6.07) is 5.90. The van der Waals surface area contributed by atoms with Crippen LogP contribution in [0.2, 0.25) is 0 Å². The molecule has 0 saturated carbocycles. The van der Waals surface area contributed by atoms with E-state index in [-0.39, 0.29) is 5.75 Å². The van der Waals surface area contributed by atoms with Gasteiger partial charge in [0.1, 0.15) is 11.4 Å². The molecule has 2 aliphatic heterocycles. The molecule has 1 unspecified atom stereocenters. The van der Waals surface area contributed by atoms with Gasteiger partial charge >= 0.3 is 0 Å². The van der Waals surface area contributed by atoms with Crippen molar-refractivity contribution in [2.24, 2.45) is 5.92 Å². The number of anilines is 1. The lowest BCUT2D eigenvalue weighted by Crippen LogP contribution is -2.37. The maximum absolute atomic E-state index is 10.5. The third-order valence-electron chi connectivity index (χ3n) is 6.16. The number of aromatic amines is 1. The number of rotatable bonds is 6. The van der Waals surface area contributed by atoms with Crippen LogP contribution in [-0.2, 0) is 4.74 Å². The minimum atomic E-state index is 0.140. The van der Waals surface area contributed by atoms with E-state index < -0.39 is 0 Å². The average molecular weight is 422 g/mol. The predicted molar refractivity (Wildman–Crippen MR) is 117 cm³/mol. The Morgan fingerprint density at radius 3 is 2.77 bits per heavy atom. The van der Waals surface area contributed by atoms with Crippen molar-refractivity contribution in [1.29, 1.82) is 0 Å². The molecule has 1 atom stereocenters. The number of phenols is 1. The topological polar surface area (TPSA) is 112 Å². The molecule has 0 amide bonds. The van der Waals surface area contributed by atoms with Crippen LogP contribution in [0.3, 0.4) is 0 Å². The van der Waals surface area contributed by atoms with E-state index in [0.29, 0.717) is 29.2 Å². The second kappa shape index (κ2) is 8.99. The summed E-state index contributed by atoms with van der Waals surface area (Å²) in [5.41, 5.74) is 2.95. The van der Waals surface area contributed by atoms with Crippen molar-refractivity contribution in [2.75, 3.05) is 37.7 Å². The summed E-state index contributed by atoms with van der Waals surface area (Å²) in [4.78, 5) is 6.68. The zero-order valence-corrected chi connectivity index (χ0v) is 17.4. The van der Waals surface area contributed by atoms with Gasteiger partial charge in [0, 0.05) is 49.7 Å². The molecule has 3 N–H and O–H groups in total. The van der Waals surface area contributed by atoms with Crippen molar-refractivity contribution in [2.45, 2.75) is 25.3 Å². The van der Waals surface area contributed by atoms with Crippen LogP contribution in [0.25, 0.3) is 22.4 Å². The van der Waals surface area contributed by atoms with Gasteiger partial charge < -0.3 is 20.1 Å². The number of hydrogen-bond donors (Lipinski definition) is 3. The molecule has 9 nitrogen and oxygen atoms in total. The van der Waals surface area contributed by atoms with Crippen molar-refractivity contribution in [3.63, 3.8) is 0 Å². The number of H-pyrrole nitrogens is 1. The van der Waals surface area contributed by atoms with E-state index in [0.717, 1.165) is 63.2 Å². The fourth-order valence-corrected chi connectivity index (χ4v) is 4.27. The lowest BCUT2D eigenvalue weighted by Gasteiger charge is -2.24. The number of ether oxygens (including phenoxy) is 1. The SMILES string of the molecule is Oc1cc(-c2cn[nH]c2)ccc1-c1cnc(N2CCC(NCC3CCOCC3)C2)nn1. The van der Waals surface area contributed by atoms with Crippen LogP contribution < -0.4 is 10.2 Å². The van der Waals surface area contributed by atoms with E-state index in [9.17, 15) is 5.11 Å². The maximum atomic E-state index is 10.5. The predicted octanol–water partition coefficient (Wildman–Crippen LogP) is 2.23. The van der Waals surface area contributed by atoms with Crippen molar-refractivity contribution < 1.29 is 9.84 Å². The summed E-state index contributed by atoms with van der Waals surface area (Å²) in [5.74, 6) is 1.49. The van der Waals surface area contributed by atoms with Crippen molar-refractivity contribution in [1.82, 2.24) is 30.7 Å². The summed E-state index contributed by atoms with van der Waals surface area (Å²) in [6.45, 7) is 4.62. The molecule has 3 aromatic rings. The molecule has 2 fully saturated rings. The molecule has 4 heterocycles. The molecule has 162 valence electrons. The highest BCUT2D eigenvalue weighted by Crippen LogP contribution is 2.32. The lowest BCUT2D eigenvalue weighted by molar-refractivity contribution is 0.0656. The number of benzene rings is 1. The van der Waals surface area contributed by atoms with Crippen LogP contribution in [-0.4, -0.2) is 69.4 Å². The van der Waals surface area contributed by atoms with Gasteiger partial charge in [0.15, 0.2) is 0 Å². The van der Waals surface area contributed by atoms with Crippen LogP contribution in [0, 0.1) is 5.92 Å². The fourth-order valence-electron chi connectivity index (χ4n) is 4.27. The minimum Gasteiger partial charge on any atom is -0.507 e. The molecule has 2 saturated heterocycles. The Balaban J connectivity index is 1.20. The maximum Gasteiger partial charge on any atom is 0.245 e. The Bertz CT molecular complexity index is 988. The normalized spacial score (nSPS) is 19.7. The summed E-state index contributed by atoms with van der Waals surface area (Å²) in [6.07, 6.45) is 8.54. The molecule has 0 bridgehead atoms. The Morgan fingerprint density at radius 2 is 2.03 bits per heavy atom. The minimum absolute atomic E-state index is 0.140. The molecule has 9 heteroatoms. The van der Waals surface area contributed by atoms with Gasteiger partial charge in [-0.25, -0.2) is 4.98 Å². The molecule has 2 aliphatic rings. The van der Waals surface area contributed by atoms with E-state index >= 15 is 0 Å². The third kappa shape index (κ3) is 4.52. The van der Waals surface area contributed by atoms with Crippen LogP contribution in [0.15, 0.2) is 36.8 Å². The Kier molecular flexibility index (Phi) is 5.77. The van der Waals surface area contributed by atoms with Crippen molar-refractivity contribution in [3.8, 4) is 28.1 Å². The van der Waals surface area contributed by atoms with Gasteiger partial charge in [0.25, 0.3) is 0 Å². The smallest absolute Gasteiger partial charge is 0.245 e. The first-order valence-electron chi connectivity index (χ1n) is 10.8. The standard InChI is InChI=1S/C22H27N7O2/c30-21-9-16(17-11-25-26-12-17)1-2-19(21)20-13-24-22(28-27-20)29-6-3-18(14-29)23-10-15-4-7-31-8-5-15/h1-2,9,11-13,15,18,23,30H,3-8,10,14H2,(H,25,26). The van der Waals surface area contributed by atoms with Crippen LogP contribution in [0.1, 0.15) is 19.3 Å². The van der Waals surface area contributed by atoms with Crippen LogP contribution in [0.5, 0.6) is 5.75 Å². The third-order valence-corrected chi connectivity index (χ3v) is 6.16. The quantitative estimate of drug-likeness (QED) is 0.556. The van der Waals surface area contributed by atoms with Crippen molar-refractivity contribution in [3.05, 3.63) is 36.8 Å². The molecule has 0 aliphatic carbocycles. The van der Waals surface area contributed by atoms with Gasteiger partial charge in [-0.2, -0.15) is 5.10 Å². The van der Waals surface area contributed by atoms with E-state index in [2.05, 4.69) is 35.6 Å². The van der Waals surface area contributed by atoms with Gasteiger partial charge in [0.05, 0.1) is 12.4 Å². The Morgan fingerprint density at radius 1 is 1.13 bits per heavy atom. The van der Waals surface area contributed by atoms with Gasteiger partial charge in [-0.05, 0) is 49.4 Å². The summed E-state index contributed by atoms with van der Waals surface area (Å²) >= 11 is 0. The van der Waals surface area contributed by atoms with E-state index in [1.54, 1.807) is 24.7 Å². The van der Waals surface area contributed by atoms with Gasteiger partial charge in [-0.3, -0.25) is 5.10 Å². The molecular formula is C22H27N7O2. The first kappa shape index (κ1) is 19.9. The number of aromatic hydroxyl groups is 1. The Labute approximate surface area is 180 Å². The molecule has 5 rings (SSSR count). The number of nitrogens with one attached hydrogen (secondary N) is 2. The van der Waals surface area contributed by atoms with E-state index in [4.69, 9.17) is 4.74 Å². The first-order valence-corrected chi connectivity index (χ1v) is 10.8. The number of hydrogen-bond acceptors (Lipinski definition) is 8. The molecule has 1 aromatic carbocycles. The summed E-state index contributed by atoms with van der Waals surface area (Å²) < 4.78 is 5.44. The second-order valence-electron chi connectivity index (χ2n) is 8.26. The van der Waals surface area contributed by atoms with E-state index in [1.165, 1.54) is 0 Å². The fraction of sp³-hybridized carbons (Fsp3) is 0.455. The summed E-state index contributed by atoms with van der Waals surface area (Å²) in [7, 11) is 0. The monoisotopic (exact) mass is 421 g/mol. The zero-order valence-electron chi connectivity index (χ0n) is 17.4. The highest BCUT2D eigenvalue weighted by Gasteiger charge is 2.25. The molecule has 2 aromatic heterocycles. The summed E-state index contributed by atoms with van der Waals surface area (Å²) in [5, 5.41) is 29.5. The van der Waals surface area contributed by atoms with E-state index in [1.807, 2.05) is 12.1 Å². The van der Waals surface area contributed by atoms with Crippen LogP contribution in [0.4, 0.5) is 5.95 Å². The largest absolute Gasteiger partial charge is 0.507 e. The molecular weight excluding hydrogens is 394 g/mol. The molecule has 0 spiro atoms. The highest BCUT2D eigenvalue weighted by atomic mass is 16.5. The highest BCUT2D eigenvalue weighted by molar-refractivity contribution is 5.73. The van der Waals surface area contributed by atoms with Crippen molar-refractivity contribution >= 4 is 5.95 Å². The second-order valence-corrected chi connectivity index (χ2v) is 8.26. The van der Waals surface area contributed by atoms with Gasteiger partial charge in [-0.1, -0.05) is 6.07 Å². The first-order chi connectivity index (χ1) is 15.3.